The number of hydrogen-bond acceptors (Lipinski definition) is 6. The second-order valence-corrected chi connectivity index (χ2v) is 10.3. The molecule has 0 bridgehead atoms. The molecule has 3 N–H and O–H groups in total. The monoisotopic (exact) mass is 521 g/mol. The van der Waals surface area contributed by atoms with Gasteiger partial charge in [-0.05, 0) is 18.9 Å². The largest absolute Gasteiger partial charge is 0.382 e. The van der Waals surface area contributed by atoms with Crippen molar-refractivity contribution in [1.29, 1.82) is 0 Å². The molecule has 1 aromatic carbocycles. The van der Waals surface area contributed by atoms with Gasteiger partial charge in [0, 0.05) is 70.5 Å². The van der Waals surface area contributed by atoms with Crippen LogP contribution in [0.4, 0.5) is 5.82 Å². The fourth-order valence-corrected chi connectivity index (χ4v) is 5.20. The van der Waals surface area contributed by atoms with Gasteiger partial charge in [0.15, 0.2) is 5.82 Å². The van der Waals surface area contributed by atoms with E-state index in [1.54, 1.807) is 0 Å². The van der Waals surface area contributed by atoms with Crippen LogP contribution >= 0.6 is 0 Å². The number of anilines is 1. The lowest BCUT2D eigenvalue weighted by Gasteiger charge is -2.35. The molecular weight excluding hydrogens is 478 g/mol. The van der Waals surface area contributed by atoms with Crippen molar-refractivity contribution in [2.24, 2.45) is 0 Å². The average molecular weight is 522 g/mol. The second kappa shape index (κ2) is 13.6. The molecule has 4 rings (SSSR count). The van der Waals surface area contributed by atoms with Crippen molar-refractivity contribution < 1.29 is 9.59 Å². The first-order chi connectivity index (χ1) is 18.5. The Bertz CT molecular complexity index is 1230. The molecule has 0 spiro atoms. The van der Waals surface area contributed by atoms with Crippen LogP contribution in [0.3, 0.4) is 0 Å². The number of benzene rings is 1. The summed E-state index contributed by atoms with van der Waals surface area (Å²) < 4.78 is 2.34. The maximum atomic E-state index is 12.7. The first kappa shape index (κ1) is 27.8. The summed E-state index contributed by atoms with van der Waals surface area (Å²) >= 11 is 0. The molecule has 3 heterocycles. The molecular formula is C29H43N7O2. The van der Waals surface area contributed by atoms with E-state index >= 15 is 0 Å². The van der Waals surface area contributed by atoms with Gasteiger partial charge in [-0.3, -0.25) is 14.5 Å². The van der Waals surface area contributed by atoms with Crippen LogP contribution in [0.2, 0.25) is 0 Å². The zero-order chi connectivity index (χ0) is 26.9. The number of hydrogen-bond donors (Lipinski definition) is 2. The van der Waals surface area contributed by atoms with Crippen LogP contribution in [-0.4, -0.2) is 75.4 Å². The number of nitrogens with two attached hydrogens (primary N) is 1. The Hall–Kier alpha value is -3.20. The van der Waals surface area contributed by atoms with Crippen LogP contribution in [0, 0.1) is 0 Å². The number of carbonyl (C=O) groups excluding carboxylic acids is 2. The number of fused-ring (bicyclic) bond motifs is 3. The number of rotatable bonds is 13. The molecule has 206 valence electrons. The number of pyridine rings is 1. The summed E-state index contributed by atoms with van der Waals surface area (Å²) in [7, 11) is 0. The highest BCUT2D eigenvalue weighted by molar-refractivity contribution is 6.06. The lowest BCUT2D eigenvalue weighted by molar-refractivity contribution is -0.135. The number of piperazine rings is 1. The number of nitrogens with one attached hydrogen (secondary N) is 1. The van der Waals surface area contributed by atoms with Crippen molar-refractivity contribution in [3.63, 3.8) is 0 Å². The number of nitrogen functional groups attached to an aromatic ring is 1. The van der Waals surface area contributed by atoms with Crippen LogP contribution in [0.5, 0.6) is 0 Å². The van der Waals surface area contributed by atoms with Crippen molar-refractivity contribution in [2.75, 3.05) is 45.0 Å². The average Bonchev–Trinajstić information content (AvgIpc) is 3.31. The number of nitrogens with zero attached hydrogens (tertiary/aromatic N) is 5. The molecule has 1 fully saturated rings. The Morgan fingerprint density at radius 1 is 0.947 bits per heavy atom. The van der Waals surface area contributed by atoms with E-state index in [2.05, 4.69) is 39.7 Å². The minimum absolute atomic E-state index is 0.0251. The third kappa shape index (κ3) is 6.81. The second-order valence-electron chi connectivity index (χ2n) is 10.3. The van der Waals surface area contributed by atoms with E-state index in [4.69, 9.17) is 10.7 Å². The van der Waals surface area contributed by atoms with Crippen molar-refractivity contribution in [3.8, 4) is 0 Å². The molecule has 0 saturated carbocycles. The standard InChI is InChI=1S/C29H43N7O2/c1-3-5-9-15-31-25(37)13-14-26(38)35-19-16-34(17-20-35)18-21-36-24(12-6-4-2)33-27-28(36)22-10-7-8-11-23(22)32-29(27)30/h7-8,10-11H,3-6,9,12-21H2,1-2H3,(H2,30,32)(H,31,37). The van der Waals surface area contributed by atoms with Gasteiger partial charge in [0.25, 0.3) is 0 Å². The fraction of sp³-hybridized carbons (Fsp3) is 0.586. The number of unbranched alkanes of at least 4 members (excludes halogenated alkanes) is 3. The third-order valence-electron chi connectivity index (χ3n) is 7.48. The zero-order valence-corrected chi connectivity index (χ0v) is 23.0. The maximum Gasteiger partial charge on any atom is 0.223 e. The summed E-state index contributed by atoms with van der Waals surface area (Å²) in [6.45, 7) is 9.78. The Balaban J connectivity index is 1.34. The lowest BCUT2D eigenvalue weighted by Crippen LogP contribution is -2.49. The molecule has 0 unspecified atom stereocenters. The van der Waals surface area contributed by atoms with E-state index in [0.717, 1.165) is 92.5 Å². The minimum Gasteiger partial charge on any atom is -0.382 e. The Kier molecular flexibility index (Phi) is 9.92. The molecule has 9 nitrogen and oxygen atoms in total. The van der Waals surface area contributed by atoms with Crippen LogP contribution < -0.4 is 11.1 Å². The first-order valence-electron chi connectivity index (χ1n) is 14.3. The summed E-state index contributed by atoms with van der Waals surface area (Å²) in [5.74, 6) is 1.60. The molecule has 9 heteroatoms. The normalized spacial score (nSPS) is 14.4. The van der Waals surface area contributed by atoms with Gasteiger partial charge in [-0.15, -0.1) is 0 Å². The number of aromatic nitrogens is 3. The molecule has 2 aromatic heterocycles. The van der Waals surface area contributed by atoms with Gasteiger partial charge in [-0.2, -0.15) is 0 Å². The molecule has 0 radical (unpaired) electrons. The predicted octanol–water partition coefficient (Wildman–Crippen LogP) is 3.74. The number of aryl methyl sites for hydroxylation is 1. The molecule has 2 amide bonds. The molecule has 3 aromatic rings. The Morgan fingerprint density at radius 3 is 2.47 bits per heavy atom. The van der Waals surface area contributed by atoms with Crippen molar-refractivity contribution in [1.82, 2.24) is 29.7 Å². The van der Waals surface area contributed by atoms with Crippen LogP contribution in [0.15, 0.2) is 24.3 Å². The molecule has 0 aliphatic carbocycles. The summed E-state index contributed by atoms with van der Waals surface area (Å²) in [5, 5.41) is 4.00. The number of carbonyl (C=O) groups is 2. The van der Waals surface area contributed by atoms with Gasteiger partial charge in [-0.25, -0.2) is 9.97 Å². The van der Waals surface area contributed by atoms with E-state index in [-0.39, 0.29) is 24.7 Å². The quantitative estimate of drug-likeness (QED) is 0.332. The summed E-state index contributed by atoms with van der Waals surface area (Å²) in [5.41, 5.74) is 9.09. The topological polar surface area (TPSA) is 109 Å². The van der Waals surface area contributed by atoms with Gasteiger partial charge in [0.2, 0.25) is 11.8 Å². The summed E-state index contributed by atoms with van der Waals surface area (Å²) in [6, 6.07) is 8.12. The SMILES string of the molecule is CCCCCNC(=O)CCC(=O)N1CCN(CCn2c(CCCC)nc3c(N)nc4ccccc4c32)CC1. The predicted molar refractivity (Wildman–Crippen MR) is 153 cm³/mol. The van der Waals surface area contributed by atoms with Crippen LogP contribution in [0.1, 0.15) is 64.6 Å². The van der Waals surface area contributed by atoms with Gasteiger partial charge in [-0.1, -0.05) is 51.3 Å². The van der Waals surface area contributed by atoms with E-state index in [1.807, 2.05) is 23.1 Å². The fourth-order valence-electron chi connectivity index (χ4n) is 5.20. The molecule has 1 aliphatic heterocycles. The summed E-state index contributed by atoms with van der Waals surface area (Å²) in [4.78, 5) is 38.5. The van der Waals surface area contributed by atoms with E-state index in [9.17, 15) is 9.59 Å². The molecule has 0 atom stereocenters. The van der Waals surface area contributed by atoms with E-state index in [1.165, 1.54) is 0 Å². The Morgan fingerprint density at radius 2 is 1.71 bits per heavy atom. The number of amides is 2. The first-order valence-corrected chi connectivity index (χ1v) is 14.3. The third-order valence-corrected chi connectivity index (χ3v) is 7.48. The minimum atomic E-state index is -0.0251. The Labute approximate surface area is 225 Å². The van der Waals surface area contributed by atoms with Gasteiger partial charge in [0.1, 0.15) is 11.3 Å². The molecule has 1 aliphatic rings. The summed E-state index contributed by atoms with van der Waals surface area (Å²) in [6.07, 6.45) is 6.88. The van der Waals surface area contributed by atoms with Gasteiger partial charge < -0.3 is 20.5 Å². The van der Waals surface area contributed by atoms with Crippen molar-refractivity contribution >= 4 is 39.6 Å². The van der Waals surface area contributed by atoms with Crippen LogP contribution in [0.25, 0.3) is 21.9 Å². The molecule has 38 heavy (non-hydrogen) atoms. The van der Waals surface area contributed by atoms with Crippen molar-refractivity contribution in [2.45, 2.75) is 71.8 Å². The van der Waals surface area contributed by atoms with E-state index in [0.29, 0.717) is 25.5 Å². The van der Waals surface area contributed by atoms with Gasteiger partial charge in [0.05, 0.1) is 11.0 Å². The van der Waals surface area contributed by atoms with E-state index < -0.39 is 0 Å². The van der Waals surface area contributed by atoms with Gasteiger partial charge >= 0.3 is 0 Å². The number of imidazole rings is 1. The highest BCUT2D eigenvalue weighted by Crippen LogP contribution is 2.29. The highest BCUT2D eigenvalue weighted by Gasteiger charge is 2.23. The maximum absolute atomic E-state index is 12.7. The highest BCUT2D eigenvalue weighted by atomic mass is 16.2. The van der Waals surface area contributed by atoms with Crippen molar-refractivity contribution in [3.05, 3.63) is 30.1 Å². The smallest absolute Gasteiger partial charge is 0.223 e. The zero-order valence-electron chi connectivity index (χ0n) is 23.0. The van der Waals surface area contributed by atoms with Crippen LogP contribution in [-0.2, 0) is 22.6 Å². The lowest BCUT2D eigenvalue weighted by atomic mass is 10.2. The number of para-hydroxylation sites is 1. The molecule has 1 saturated heterocycles.